The van der Waals surface area contributed by atoms with E-state index in [4.69, 9.17) is 11.6 Å². The molecule has 3 rings (SSSR count). The van der Waals surface area contributed by atoms with Crippen molar-refractivity contribution in [2.75, 3.05) is 0 Å². The number of hydrogen-bond donors (Lipinski definition) is 1. The lowest BCUT2D eigenvalue weighted by Crippen LogP contribution is -2.25. The van der Waals surface area contributed by atoms with Crippen LogP contribution in [0.3, 0.4) is 0 Å². The number of carbonyl (C=O) groups is 1. The van der Waals surface area contributed by atoms with Crippen LogP contribution in [0.2, 0.25) is 5.02 Å². The molecule has 118 valence electrons. The van der Waals surface area contributed by atoms with E-state index >= 15 is 0 Å². The van der Waals surface area contributed by atoms with Crippen LogP contribution in [0, 0.1) is 3.57 Å². The van der Waals surface area contributed by atoms with Crippen LogP contribution in [-0.2, 0) is 13.0 Å². The lowest BCUT2D eigenvalue weighted by atomic mass is 10.2. The highest BCUT2D eigenvalue weighted by molar-refractivity contribution is 14.1. The zero-order valence-electron chi connectivity index (χ0n) is 12.4. The minimum atomic E-state index is -0.183. The minimum absolute atomic E-state index is 0.183. The number of hydrogen-bond acceptors (Lipinski definition) is 3. The molecule has 0 aliphatic heterocycles. The van der Waals surface area contributed by atoms with Gasteiger partial charge in [0.1, 0.15) is 5.69 Å². The normalized spacial score (nSPS) is 10.9. The first kappa shape index (κ1) is 16.2. The number of nitrogens with zero attached hydrogens (tertiary/aromatic N) is 3. The number of aromatic nitrogens is 3. The molecule has 0 spiro atoms. The molecule has 1 N–H and O–H groups in total. The van der Waals surface area contributed by atoms with E-state index in [1.807, 2.05) is 31.2 Å². The Balaban J connectivity index is 1.87. The predicted molar refractivity (Wildman–Crippen MR) is 97.7 cm³/mol. The van der Waals surface area contributed by atoms with Gasteiger partial charge in [-0.05, 0) is 46.7 Å². The smallest absolute Gasteiger partial charge is 0.270 e. The molecule has 23 heavy (non-hydrogen) atoms. The maximum atomic E-state index is 12.6. The van der Waals surface area contributed by atoms with Crippen molar-refractivity contribution in [1.29, 1.82) is 0 Å². The van der Waals surface area contributed by atoms with Gasteiger partial charge < -0.3 is 5.32 Å². The van der Waals surface area contributed by atoms with Crippen molar-refractivity contribution in [3.05, 3.63) is 62.2 Å². The molecule has 0 unspecified atom stereocenters. The predicted octanol–water partition coefficient (Wildman–Crippen LogP) is 3.48. The summed E-state index contributed by atoms with van der Waals surface area (Å²) in [4.78, 5) is 21.2. The van der Waals surface area contributed by atoms with Gasteiger partial charge in [0.05, 0.1) is 16.9 Å². The summed E-state index contributed by atoms with van der Waals surface area (Å²) in [5, 5.41) is 3.40. The Morgan fingerprint density at radius 3 is 2.78 bits per heavy atom. The summed E-state index contributed by atoms with van der Waals surface area (Å²) in [5.41, 5.74) is 2.24. The highest BCUT2D eigenvalue weighted by Crippen LogP contribution is 2.15. The van der Waals surface area contributed by atoms with E-state index in [2.05, 4.69) is 37.9 Å². The second kappa shape index (κ2) is 6.84. The number of carbonyl (C=O) groups excluding carboxylic acids is 1. The van der Waals surface area contributed by atoms with Gasteiger partial charge in [-0.1, -0.05) is 30.7 Å². The number of benzene rings is 1. The average molecular weight is 441 g/mol. The highest BCUT2D eigenvalue weighted by Gasteiger charge is 2.18. The van der Waals surface area contributed by atoms with E-state index in [1.54, 1.807) is 10.6 Å². The van der Waals surface area contributed by atoms with Crippen LogP contribution in [-0.4, -0.2) is 20.3 Å². The van der Waals surface area contributed by atoms with Gasteiger partial charge >= 0.3 is 0 Å². The summed E-state index contributed by atoms with van der Waals surface area (Å²) >= 11 is 8.24. The first-order valence-corrected chi connectivity index (χ1v) is 8.59. The molecule has 0 fully saturated rings. The quantitative estimate of drug-likeness (QED) is 0.632. The molecule has 2 heterocycles. The van der Waals surface area contributed by atoms with Gasteiger partial charge in [0.2, 0.25) is 5.78 Å². The Bertz CT molecular complexity index is 860. The molecule has 0 aliphatic carbocycles. The third-order valence-corrected chi connectivity index (χ3v) is 4.35. The Labute approximate surface area is 152 Å². The fraction of sp³-hybridized carbons (Fsp3) is 0.188. The summed E-state index contributed by atoms with van der Waals surface area (Å²) < 4.78 is 2.80. The Hall–Kier alpha value is -1.67. The Morgan fingerprint density at radius 2 is 2.09 bits per heavy atom. The van der Waals surface area contributed by atoms with Crippen molar-refractivity contribution in [2.24, 2.45) is 0 Å². The van der Waals surface area contributed by atoms with Crippen LogP contribution in [0.1, 0.15) is 28.7 Å². The largest absolute Gasteiger partial charge is 0.347 e. The fourth-order valence-corrected chi connectivity index (χ4v) is 2.82. The molecule has 5 nitrogen and oxygen atoms in total. The van der Waals surface area contributed by atoms with Crippen molar-refractivity contribution >= 4 is 45.9 Å². The number of aryl methyl sites for hydroxylation is 1. The van der Waals surface area contributed by atoms with Crippen molar-refractivity contribution in [1.82, 2.24) is 19.7 Å². The Morgan fingerprint density at radius 1 is 1.35 bits per heavy atom. The molecule has 3 aromatic rings. The van der Waals surface area contributed by atoms with Gasteiger partial charge in [-0.2, -0.15) is 0 Å². The summed E-state index contributed by atoms with van der Waals surface area (Å²) in [5.74, 6) is 0.294. The standard InChI is InChI=1S/C16H14ClIN4O/c1-2-13-14(22-9-11(17)8-20-16(22)21-13)15(23)19-7-10-3-5-12(18)6-4-10/h3-6,8-9H,2,7H2,1H3,(H,19,23). The molecular formula is C16H14ClIN4O. The molecule has 1 aromatic carbocycles. The monoisotopic (exact) mass is 440 g/mol. The maximum absolute atomic E-state index is 12.6. The van der Waals surface area contributed by atoms with Crippen molar-refractivity contribution in [3.63, 3.8) is 0 Å². The SMILES string of the molecule is CCc1nc2ncc(Cl)cn2c1C(=O)NCc1ccc(I)cc1. The van der Waals surface area contributed by atoms with Gasteiger partial charge in [-0.3, -0.25) is 9.20 Å². The maximum Gasteiger partial charge on any atom is 0.270 e. The lowest BCUT2D eigenvalue weighted by Gasteiger charge is -2.07. The third-order valence-electron chi connectivity index (χ3n) is 3.44. The molecule has 0 aliphatic rings. The van der Waals surface area contributed by atoms with E-state index in [0.717, 1.165) is 9.13 Å². The van der Waals surface area contributed by atoms with Gasteiger partial charge in [-0.15, -0.1) is 0 Å². The van der Waals surface area contributed by atoms with E-state index < -0.39 is 0 Å². The molecule has 0 atom stereocenters. The van der Waals surface area contributed by atoms with Crippen LogP contribution >= 0.6 is 34.2 Å². The van der Waals surface area contributed by atoms with Gasteiger partial charge in [0, 0.05) is 16.3 Å². The molecule has 0 saturated heterocycles. The van der Waals surface area contributed by atoms with E-state index in [-0.39, 0.29) is 5.91 Å². The van der Waals surface area contributed by atoms with Crippen LogP contribution in [0.15, 0.2) is 36.7 Å². The lowest BCUT2D eigenvalue weighted by molar-refractivity contribution is 0.0944. The zero-order chi connectivity index (χ0) is 16.4. The molecule has 2 aromatic heterocycles. The zero-order valence-corrected chi connectivity index (χ0v) is 15.3. The minimum Gasteiger partial charge on any atom is -0.347 e. The molecule has 0 bridgehead atoms. The fourth-order valence-electron chi connectivity index (χ4n) is 2.31. The number of imidazole rings is 1. The number of nitrogens with one attached hydrogen (secondary N) is 1. The number of halogens is 2. The summed E-state index contributed by atoms with van der Waals surface area (Å²) in [6.07, 6.45) is 3.83. The average Bonchev–Trinajstić information content (AvgIpc) is 2.91. The second-order valence-corrected chi connectivity index (χ2v) is 6.69. The van der Waals surface area contributed by atoms with Crippen molar-refractivity contribution < 1.29 is 4.79 Å². The van der Waals surface area contributed by atoms with E-state index in [9.17, 15) is 4.79 Å². The molecule has 7 heteroatoms. The van der Waals surface area contributed by atoms with Crippen LogP contribution in [0.4, 0.5) is 0 Å². The molecule has 1 amide bonds. The van der Waals surface area contributed by atoms with Gasteiger partial charge in [0.25, 0.3) is 5.91 Å². The first-order valence-electron chi connectivity index (χ1n) is 7.13. The summed E-state index contributed by atoms with van der Waals surface area (Å²) in [7, 11) is 0. The highest BCUT2D eigenvalue weighted by atomic mass is 127. The summed E-state index contributed by atoms with van der Waals surface area (Å²) in [6.45, 7) is 2.42. The van der Waals surface area contributed by atoms with Gasteiger partial charge in [0.15, 0.2) is 0 Å². The van der Waals surface area contributed by atoms with Crippen molar-refractivity contribution in [2.45, 2.75) is 19.9 Å². The van der Waals surface area contributed by atoms with Crippen LogP contribution in [0.5, 0.6) is 0 Å². The van der Waals surface area contributed by atoms with Crippen molar-refractivity contribution in [3.8, 4) is 0 Å². The number of amides is 1. The van der Waals surface area contributed by atoms with Crippen LogP contribution < -0.4 is 5.32 Å². The van der Waals surface area contributed by atoms with Gasteiger partial charge in [-0.25, -0.2) is 9.97 Å². The third kappa shape index (κ3) is 3.48. The topological polar surface area (TPSA) is 59.3 Å². The van der Waals surface area contributed by atoms with Crippen LogP contribution in [0.25, 0.3) is 5.78 Å². The number of rotatable bonds is 4. The van der Waals surface area contributed by atoms with E-state index in [0.29, 0.717) is 35.2 Å². The molecule has 0 saturated carbocycles. The second-order valence-electron chi connectivity index (χ2n) is 5.01. The number of fused-ring (bicyclic) bond motifs is 1. The first-order chi connectivity index (χ1) is 11.1. The van der Waals surface area contributed by atoms with E-state index in [1.165, 1.54) is 6.20 Å². The Kier molecular flexibility index (Phi) is 4.82. The summed E-state index contributed by atoms with van der Waals surface area (Å²) in [6, 6.07) is 8.01. The molecule has 0 radical (unpaired) electrons. The molecular weight excluding hydrogens is 427 g/mol.